The van der Waals surface area contributed by atoms with Crippen molar-refractivity contribution in [2.24, 2.45) is 5.92 Å². The molecule has 1 aliphatic heterocycles. The second-order valence-electron chi connectivity index (χ2n) is 5.97. The number of piperidine rings is 1. The average Bonchev–Trinajstić information content (AvgIpc) is 2.49. The van der Waals surface area contributed by atoms with Crippen molar-refractivity contribution in [1.29, 1.82) is 0 Å². The van der Waals surface area contributed by atoms with Gasteiger partial charge in [0, 0.05) is 18.1 Å². The molecule has 0 saturated carbocycles. The topological polar surface area (TPSA) is 52.6 Å². The zero-order valence-electron chi connectivity index (χ0n) is 12.7. The summed E-state index contributed by atoms with van der Waals surface area (Å²) >= 11 is 11.9. The normalized spacial score (nSPS) is 18.2. The smallest absolute Gasteiger partial charge is 0.252 e. The first kappa shape index (κ1) is 17.5. The third-order valence-corrected chi connectivity index (χ3v) is 4.58. The Hall–Kier alpha value is -0.810. The molecule has 4 nitrogen and oxygen atoms in total. The van der Waals surface area contributed by atoms with Gasteiger partial charge in [-0.2, -0.15) is 0 Å². The first-order valence-corrected chi connectivity index (χ1v) is 8.35. The molecule has 2 N–H and O–H groups in total. The maximum absolute atomic E-state index is 12.1. The highest BCUT2D eigenvalue weighted by atomic mass is 35.5. The van der Waals surface area contributed by atoms with Gasteiger partial charge in [0.15, 0.2) is 0 Å². The number of rotatable bonds is 5. The molecule has 1 amide bonds. The molecule has 2 rings (SSSR count). The number of carbonyl (C=O) groups is 1. The van der Waals surface area contributed by atoms with Gasteiger partial charge in [0.25, 0.3) is 5.91 Å². The van der Waals surface area contributed by atoms with Crippen LogP contribution in [0.15, 0.2) is 18.2 Å². The Morgan fingerprint density at radius 3 is 2.77 bits per heavy atom. The number of likely N-dealkylation sites (tertiary alicyclic amines) is 1. The Bertz CT molecular complexity index is 517. The van der Waals surface area contributed by atoms with Gasteiger partial charge in [-0.15, -0.1) is 0 Å². The number of aliphatic hydroxyl groups is 1. The van der Waals surface area contributed by atoms with Gasteiger partial charge in [0.2, 0.25) is 0 Å². The van der Waals surface area contributed by atoms with E-state index in [2.05, 4.69) is 17.1 Å². The number of amides is 1. The number of halogens is 2. The molecule has 22 heavy (non-hydrogen) atoms. The Labute approximate surface area is 141 Å². The van der Waals surface area contributed by atoms with Crippen LogP contribution in [0, 0.1) is 5.92 Å². The van der Waals surface area contributed by atoms with E-state index in [0.29, 0.717) is 22.2 Å². The van der Waals surface area contributed by atoms with Crippen LogP contribution in [0.3, 0.4) is 0 Å². The van der Waals surface area contributed by atoms with Gasteiger partial charge < -0.3 is 15.3 Å². The predicted octanol–water partition coefficient (Wildman–Crippen LogP) is 2.82. The third-order valence-electron chi connectivity index (χ3n) is 4.02. The van der Waals surface area contributed by atoms with Gasteiger partial charge in [-0.3, -0.25) is 4.79 Å². The van der Waals surface area contributed by atoms with Crippen LogP contribution in [-0.4, -0.2) is 48.2 Å². The Morgan fingerprint density at radius 2 is 2.09 bits per heavy atom. The molecule has 0 aromatic heterocycles. The van der Waals surface area contributed by atoms with E-state index in [1.807, 2.05) is 0 Å². The van der Waals surface area contributed by atoms with Crippen molar-refractivity contribution in [1.82, 2.24) is 10.2 Å². The number of hydrogen-bond donors (Lipinski definition) is 2. The summed E-state index contributed by atoms with van der Waals surface area (Å²) in [5.41, 5.74) is 0.327. The summed E-state index contributed by atoms with van der Waals surface area (Å²) in [6, 6.07) is 4.74. The molecule has 1 aromatic rings. The van der Waals surface area contributed by atoms with E-state index in [1.54, 1.807) is 12.1 Å². The maximum atomic E-state index is 12.1. The molecule has 1 heterocycles. The summed E-state index contributed by atoms with van der Waals surface area (Å²) in [5.74, 6) is 0.442. The molecular formula is C16H22Cl2N2O2. The van der Waals surface area contributed by atoms with E-state index < -0.39 is 6.10 Å². The summed E-state index contributed by atoms with van der Waals surface area (Å²) in [6.45, 7) is 5.05. The largest absolute Gasteiger partial charge is 0.390 e. The minimum atomic E-state index is -0.588. The lowest BCUT2D eigenvalue weighted by molar-refractivity contribution is 0.0795. The lowest BCUT2D eigenvalue weighted by Crippen LogP contribution is -2.43. The molecule has 1 aromatic carbocycles. The average molecular weight is 345 g/mol. The van der Waals surface area contributed by atoms with Crippen LogP contribution >= 0.6 is 23.2 Å². The van der Waals surface area contributed by atoms with Gasteiger partial charge in [-0.05, 0) is 50.0 Å². The molecular weight excluding hydrogens is 323 g/mol. The van der Waals surface area contributed by atoms with Gasteiger partial charge in [-0.25, -0.2) is 0 Å². The minimum Gasteiger partial charge on any atom is -0.390 e. The standard InChI is InChI=1S/C16H22Cl2N2O2/c1-11-4-6-20(7-5-11)10-13(21)9-19-16(22)14-8-12(17)2-3-15(14)18/h2-3,8,11,13,21H,4-7,9-10H2,1H3,(H,19,22). The van der Waals surface area contributed by atoms with E-state index in [-0.39, 0.29) is 12.5 Å². The summed E-state index contributed by atoms with van der Waals surface area (Å²) in [5, 5.41) is 13.6. The fraction of sp³-hybridized carbons (Fsp3) is 0.562. The molecule has 122 valence electrons. The van der Waals surface area contributed by atoms with Gasteiger partial charge >= 0.3 is 0 Å². The fourth-order valence-corrected chi connectivity index (χ4v) is 2.96. The van der Waals surface area contributed by atoms with Crippen LogP contribution in [-0.2, 0) is 0 Å². The first-order chi connectivity index (χ1) is 10.5. The predicted molar refractivity (Wildman–Crippen MR) is 89.6 cm³/mol. The lowest BCUT2D eigenvalue weighted by Gasteiger charge is -2.31. The molecule has 1 fully saturated rings. The zero-order chi connectivity index (χ0) is 16.1. The number of β-amino-alcohol motifs (C(OH)–C–C–N with tert-alkyl or cyclic N) is 1. The van der Waals surface area contributed by atoms with E-state index in [1.165, 1.54) is 6.07 Å². The Kier molecular flexibility index (Phi) is 6.50. The van der Waals surface area contributed by atoms with E-state index in [9.17, 15) is 9.90 Å². The van der Waals surface area contributed by atoms with Crippen molar-refractivity contribution in [3.05, 3.63) is 33.8 Å². The number of nitrogens with zero attached hydrogens (tertiary/aromatic N) is 1. The van der Waals surface area contributed by atoms with Crippen LogP contribution in [0.4, 0.5) is 0 Å². The van der Waals surface area contributed by atoms with Gasteiger partial charge in [0.1, 0.15) is 0 Å². The van der Waals surface area contributed by atoms with Crippen molar-refractivity contribution in [2.45, 2.75) is 25.9 Å². The van der Waals surface area contributed by atoms with Crippen LogP contribution in [0.25, 0.3) is 0 Å². The lowest BCUT2D eigenvalue weighted by atomic mass is 9.99. The molecule has 1 saturated heterocycles. The Morgan fingerprint density at radius 1 is 1.41 bits per heavy atom. The van der Waals surface area contributed by atoms with Gasteiger partial charge in [0.05, 0.1) is 16.7 Å². The van der Waals surface area contributed by atoms with Crippen molar-refractivity contribution in [3.63, 3.8) is 0 Å². The number of hydrogen-bond acceptors (Lipinski definition) is 3. The molecule has 0 radical (unpaired) electrons. The minimum absolute atomic E-state index is 0.202. The van der Waals surface area contributed by atoms with Crippen LogP contribution in [0.5, 0.6) is 0 Å². The molecule has 6 heteroatoms. The highest BCUT2D eigenvalue weighted by molar-refractivity contribution is 6.35. The monoisotopic (exact) mass is 344 g/mol. The summed E-state index contributed by atoms with van der Waals surface area (Å²) in [4.78, 5) is 14.3. The van der Waals surface area contributed by atoms with Crippen LogP contribution in [0.1, 0.15) is 30.1 Å². The maximum Gasteiger partial charge on any atom is 0.252 e. The van der Waals surface area contributed by atoms with E-state index in [4.69, 9.17) is 23.2 Å². The van der Waals surface area contributed by atoms with Gasteiger partial charge in [-0.1, -0.05) is 30.1 Å². The summed E-state index contributed by atoms with van der Waals surface area (Å²) < 4.78 is 0. The van der Waals surface area contributed by atoms with Crippen molar-refractivity contribution in [2.75, 3.05) is 26.2 Å². The number of benzene rings is 1. The second-order valence-corrected chi connectivity index (χ2v) is 6.81. The number of aliphatic hydroxyl groups excluding tert-OH is 1. The quantitative estimate of drug-likeness (QED) is 0.863. The molecule has 0 spiro atoms. The van der Waals surface area contributed by atoms with Crippen molar-refractivity contribution in [3.8, 4) is 0 Å². The van der Waals surface area contributed by atoms with Crippen molar-refractivity contribution >= 4 is 29.1 Å². The van der Waals surface area contributed by atoms with Crippen LogP contribution in [0.2, 0.25) is 10.0 Å². The third kappa shape index (κ3) is 5.13. The molecule has 1 atom stereocenters. The molecule has 1 unspecified atom stereocenters. The Balaban J connectivity index is 1.79. The number of nitrogens with one attached hydrogen (secondary N) is 1. The second kappa shape index (κ2) is 8.16. The molecule has 1 aliphatic rings. The fourth-order valence-electron chi connectivity index (χ4n) is 2.58. The number of carbonyl (C=O) groups excluding carboxylic acids is 1. The molecule has 0 aliphatic carbocycles. The highest BCUT2D eigenvalue weighted by Gasteiger charge is 2.19. The zero-order valence-corrected chi connectivity index (χ0v) is 14.2. The van der Waals surface area contributed by atoms with Crippen molar-refractivity contribution < 1.29 is 9.90 Å². The SMILES string of the molecule is CC1CCN(CC(O)CNC(=O)c2cc(Cl)ccc2Cl)CC1. The highest BCUT2D eigenvalue weighted by Crippen LogP contribution is 2.20. The van der Waals surface area contributed by atoms with E-state index >= 15 is 0 Å². The van der Waals surface area contributed by atoms with E-state index in [0.717, 1.165) is 31.8 Å². The van der Waals surface area contributed by atoms with Crippen LogP contribution < -0.4 is 5.32 Å². The first-order valence-electron chi connectivity index (χ1n) is 7.59. The summed E-state index contributed by atoms with van der Waals surface area (Å²) in [7, 11) is 0. The summed E-state index contributed by atoms with van der Waals surface area (Å²) in [6.07, 6.45) is 1.74. The molecule has 0 bridgehead atoms.